The Morgan fingerprint density at radius 2 is 2.25 bits per heavy atom. The molecule has 1 fully saturated rings. The Balaban J connectivity index is 1.89. The molecule has 2 atom stereocenters. The van der Waals surface area contributed by atoms with Gasteiger partial charge in [0.25, 0.3) is 0 Å². The van der Waals surface area contributed by atoms with Gasteiger partial charge < -0.3 is 0 Å². The molecule has 20 heavy (non-hydrogen) atoms. The largest absolute Gasteiger partial charge is 0.297 e. The molecule has 0 spiro atoms. The van der Waals surface area contributed by atoms with Crippen LogP contribution in [0.3, 0.4) is 0 Å². The lowest BCUT2D eigenvalue weighted by Crippen LogP contribution is -2.45. The number of aromatic nitrogens is 2. The van der Waals surface area contributed by atoms with Crippen LogP contribution in [0.4, 0.5) is 0 Å². The molecule has 4 heteroatoms. The van der Waals surface area contributed by atoms with E-state index in [0.29, 0.717) is 12.1 Å². The molecule has 1 heterocycles. The highest BCUT2D eigenvalue weighted by atomic mass is 15.3. The Bertz CT molecular complexity index is 652. The van der Waals surface area contributed by atoms with E-state index in [4.69, 9.17) is 0 Å². The maximum atomic E-state index is 9.55. The van der Waals surface area contributed by atoms with Gasteiger partial charge in [-0.2, -0.15) is 10.4 Å². The third-order valence-electron chi connectivity index (χ3n) is 4.12. The summed E-state index contributed by atoms with van der Waals surface area (Å²) in [6.45, 7) is 4.19. The van der Waals surface area contributed by atoms with Gasteiger partial charge in [-0.05, 0) is 32.8 Å². The minimum atomic E-state index is -0.397. The predicted octanol–water partition coefficient (Wildman–Crippen LogP) is 3.02. The van der Waals surface area contributed by atoms with Crippen LogP contribution in [-0.2, 0) is 0 Å². The highest BCUT2D eigenvalue weighted by Crippen LogP contribution is 2.38. The minimum Gasteiger partial charge on any atom is -0.297 e. The molecule has 0 amide bonds. The van der Waals surface area contributed by atoms with Gasteiger partial charge in [0.1, 0.15) is 5.54 Å². The predicted molar refractivity (Wildman–Crippen MR) is 79.2 cm³/mol. The first-order valence-electron chi connectivity index (χ1n) is 7.25. The van der Waals surface area contributed by atoms with Crippen molar-refractivity contribution < 1.29 is 0 Å². The van der Waals surface area contributed by atoms with Gasteiger partial charge in [0.05, 0.1) is 23.8 Å². The molecule has 2 aromatic rings. The number of benzene rings is 1. The van der Waals surface area contributed by atoms with E-state index in [1.807, 2.05) is 18.3 Å². The van der Waals surface area contributed by atoms with Crippen molar-refractivity contribution in [3.63, 3.8) is 0 Å². The van der Waals surface area contributed by atoms with Crippen molar-refractivity contribution in [1.29, 1.82) is 5.26 Å². The summed E-state index contributed by atoms with van der Waals surface area (Å²) < 4.78 is 2.09. The van der Waals surface area contributed by atoms with Crippen LogP contribution in [0, 0.1) is 11.3 Å². The molecule has 1 saturated carbocycles. The van der Waals surface area contributed by atoms with E-state index in [-0.39, 0.29) is 0 Å². The summed E-state index contributed by atoms with van der Waals surface area (Å²) in [7, 11) is 0. The SMILES string of the molecule is CC(C)NC1(C#N)CCC(n2ncc3ccccc32)C1. The quantitative estimate of drug-likeness (QED) is 0.931. The van der Waals surface area contributed by atoms with E-state index < -0.39 is 5.54 Å². The van der Waals surface area contributed by atoms with Crippen LogP contribution in [-0.4, -0.2) is 21.4 Å². The minimum absolute atomic E-state index is 0.306. The van der Waals surface area contributed by atoms with Crippen molar-refractivity contribution in [3.8, 4) is 6.07 Å². The van der Waals surface area contributed by atoms with Crippen LogP contribution in [0.1, 0.15) is 39.2 Å². The zero-order chi connectivity index (χ0) is 14.2. The molecular formula is C16H20N4. The van der Waals surface area contributed by atoms with E-state index in [1.54, 1.807) is 0 Å². The lowest BCUT2D eigenvalue weighted by Gasteiger charge is -2.25. The molecule has 1 aliphatic rings. The number of hydrogen-bond donors (Lipinski definition) is 1. The smallest absolute Gasteiger partial charge is 0.109 e. The molecular weight excluding hydrogens is 248 g/mol. The van der Waals surface area contributed by atoms with Crippen molar-refractivity contribution in [2.45, 2.75) is 50.7 Å². The lowest BCUT2D eigenvalue weighted by atomic mass is 9.98. The Morgan fingerprint density at radius 1 is 1.45 bits per heavy atom. The molecule has 1 N–H and O–H groups in total. The summed E-state index contributed by atoms with van der Waals surface area (Å²) in [6.07, 6.45) is 4.63. The zero-order valence-electron chi connectivity index (χ0n) is 12.0. The molecule has 2 unspecified atom stereocenters. The monoisotopic (exact) mass is 268 g/mol. The second-order valence-corrected chi connectivity index (χ2v) is 6.04. The summed E-state index contributed by atoms with van der Waals surface area (Å²) in [4.78, 5) is 0. The molecule has 0 radical (unpaired) electrons. The van der Waals surface area contributed by atoms with E-state index >= 15 is 0 Å². The lowest BCUT2D eigenvalue weighted by molar-refractivity contribution is 0.364. The van der Waals surface area contributed by atoms with Crippen LogP contribution in [0.25, 0.3) is 10.9 Å². The fourth-order valence-electron chi connectivity index (χ4n) is 3.33. The first-order chi connectivity index (χ1) is 9.63. The van der Waals surface area contributed by atoms with Crippen LogP contribution < -0.4 is 5.32 Å². The van der Waals surface area contributed by atoms with Gasteiger partial charge in [0.15, 0.2) is 0 Å². The molecule has 3 rings (SSSR count). The van der Waals surface area contributed by atoms with Gasteiger partial charge in [-0.3, -0.25) is 10.00 Å². The zero-order valence-corrected chi connectivity index (χ0v) is 12.0. The van der Waals surface area contributed by atoms with E-state index in [1.165, 1.54) is 5.39 Å². The van der Waals surface area contributed by atoms with E-state index in [2.05, 4.69) is 47.1 Å². The number of rotatable bonds is 3. The van der Waals surface area contributed by atoms with E-state index in [9.17, 15) is 5.26 Å². The molecule has 0 aliphatic heterocycles. The molecule has 104 valence electrons. The number of para-hydroxylation sites is 1. The molecule has 1 aromatic heterocycles. The molecule has 1 aromatic carbocycles. The van der Waals surface area contributed by atoms with E-state index in [0.717, 1.165) is 24.8 Å². The van der Waals surface area contributed by atoms with Crippen molar-refractivity contribution in [3.05, 3.63) is 30.5 Å². The van der Waals surface area contributed by atoms with Crippen molar-refractivity contribution in [1.82, 2.24) is 15.1 Å². The summed E-state index contributed by atoms with van der Waals surface area (Å²) in [5.41, 5.74) is 0.766. The summed E-state index contributed by atoms with van der Waals surface area (Å²) in [5, 5.41) is 18.7. The van der Waals surface area contributed by atoms with Crippen LogP contribution in [0.5, 0.6) is 0 Å². The average Bonchev–Trinajstić information content (AvgIpc) is 3.02. The van der Waals surface area contributed by atoms with Gasteiger partial charge in [0.2, 0.25) is 0 Å². The van der Waals surface area contributed by atoms with Crippen LogP contribution in [0.2, 0.25) is 0 Å². The van der Waals surface area contributed by atoms with Gasteiger partial charge in [-0.25, -0.2) is 0 Å². The van der Waals surface area contributed by atoms with Gasteiger partial charge in [-0.15, -0.1) is 0 Å². The number of hydrogen-bond acceptors (Lipinski definition) is 3. The Kier molecular flexibility index (Phi) is 3.23. The number of nitrogens with one attached hydrogen (secondary N) is 1. The third-order valence-corrected chi connectivity index (χ3v) is 4.12. The number of nitriles is 1. The maximum absolute atomic E-state index is 9.55. The number of fused-ring (bicyclic) bond motifs is 1. The summed E-state index contributed by atoms with van der Waals surface area (Å²) in [6, 6.07) is 11.4. The highest BCUT2D eigenvalue weighted by molar-refractivity contribution is 5.78. The van der Waals surface area contributed by atoms with Crippen LogP contribution >= 0.6 is 0 Å². The summed E-state index contributed by atoms with van der Waals surface area (Å²) >= 11 is 0. The van der Waals surface area contributed by atoms with Crippen molar-refractivity contribution >= 4 is 10.9 Å². The Morgan fingerprint density at radius 3 is 3.00 bits per heavy atom. The molecule has 4 nitrogen and oxygen atoms in total. The van der Waals surface area contributed by atoms with Crippen molar-refractivity contribution in [2.24, 2.45) is 0 Å². The van der Waals surface area contributed by atoms with Gasteiger partial charge >= 0.3 is 0 Å². The van der Waals surface area contributed by atoms with Crippen LogP contribution in [0.15, 0.2) is 30.5 Å². The molecule has 1 aliphatic carbocycles. The second-order valence-electron chi connectivity index (χ2n) is 6.04. The second kappa shape index (κ2) is 4.92. The van der Waals surface area contributed by atoms with Gasteiger partial charge in [0, 0.05) is 17.8 Å². The fraction of sp³-hybridized carbons (Fsp3) is 0.500. The highest BCUT2D eigenvalue weighted by Gasteiger charge is 2.41. The Labute approximate surface area is 119 Å². The summed E-state index contributed by atoms with van der Waals surface area (Å²) in [5.74, 6) is 0. The molecule has 0 bridgehead atoms. The normalized spacial score (nSPS) is 26.2. The molecule has 0 saturated heterocycles. The first kappa shape index (κ1) is 13.1. The third kappa shape index (κ3) is 2.19. The first-order valence-corrected chi connectivity index (χ1v) is 7.25. The standard InChI is InChI=1S/C16H20N4/c1-12(2)19-16(11-17)8-7-14(9-16)20-15-6-4-3-5-13(15)10-18-20/h3-6,10,12,14,19H,7-9H2,1-2H3. The van der Waals surface area contributed by atoms with Crippen molar-refractivity contribution in [2.75, 3.05) is 0 Å². The fourth-order valence-corrected chi connectivity index (χ4v) is 3.33. The number of nitrogens with zero attached hydrogens (tertiary/aromatic N) is 3. The topological polar surface area (TPSA) is 53.6 Å². The average molecular weight is 268 g/mol. The van der Waals surface area contributed by atoms with Gasteiger partial charge in [-0.1, -0.05) is 18.2 Å². The maximum Gasteiger partial charge on any atom is 0.109 e. The Hall–Kier alpha value is -1.86.